The minimum atomic E-state index is -2.21. The van der Waals surface area contributed by atoms with Gasteiger partial charge in [-0.1, -0.05) is 4.49 Å². The van der Waals surface area contributed by atoms with Gasteiger partial charge in [0, 0.05) is 16.5 Å². The van der Waals surface area contributed by atoms with Gasteiger partial charge in [-0.15, -0.1) is 5.10 Å². The predicted molar refractivity (Wildman–Crippen MR) is 27.1 cm³/mol. The number of rotatable bonds is 1. The van der Waals surface area contributed by atoms with Crippen LogP contribution < -0.4 is 0 Å². The third-order valence-corrected chi connectivity index (χ3v) is 1.71. The average Bonchev–Trinajstić information content (AvgIpc) is 2.12. The van der Waals surface area contributed by atoms with Gasteiger partial charge >= 0.3 is 0 Å². The zero-order valence-corrected chi connectivity index (χ0v) is 5.24. The van der Waals surface area contributed by atoms with E-state index < -0.39 is 11.1 Å². The summed E-state index contributed by atoms with van der Waals surface area (Å²) in [6.07, 6.45) is 0. The Bertz CT molecular complexity index is 184. The lowest BCUT2D eigenvalue weighted by Gasteiger charge is -1.94. The maximum absolute atomic E-state index is 9.97. The van der Waals surface area contributed by atoms with E-state index in [0.717, 1.165) is 11.5 Å². The van der Waals surface area contributed by atoms with Crippen LogP contribution in [0.2, 0.25) is 0 Å². The molecule has 0 N–H and O–H groups in total. The van der Waals surface area contributed by atoms with E-state index in [9.17, 15) is 8.76 Å². The molecule has 0 aliphatic heterocycles. The Morgan fingerprint density at radius 1 is 1.88 bits per heavy atom. The summed E-state index contributed by atoms with van der Waals surface area (Å²) >= 11 is -1.20. The molecule has 8 heavy (non-hydrogen) atoms. The summed E-state index contributed by atoms with van der Waals surface area (Å²) in [5.74, 6) is 0. The van der Waals surface area contributed by atoms with Gasteiger partial charge < -0.3 is 4.55 Å². The summed E-state index contributed by atoms with van der Waals surface area (Å²) in [7, 11) is 0. The molecule has 4 nitrogen and oxygen atoms in total. The second-order valence-electron chi connectivity index (χ2n) is 0.978. The lowest BCUT2D eigenvalue weighted by Crippen LogP contribution is -1.87. The molecule has 44 valence electrons. The van der Waals surface area contributed by atoms with Crippen molar-refractivity contribution in [3.63, 3.8) is 0 Å². The number of nitrogens with zero attached hydrogens (tertiary/aromatic N) is 2. The highest BCUT2D eigenvalue weighted by Crippen LogP contribution is 1.99. The SMILES string of the molecule is O=S([O-])c1csnn1. The molecule has 0 aliphatic carbocycles. The summed E-state index contributed by atoms with van der Waals surface area (Å²) in [6, 6.07) is 0. The molecule has 1 atom stereocenters. The van der Waals surface area contributed by atoms with E-state index in [4.69, 9.17) is 0 Å². The Morgan fingerprint density at radius 2 is 2.62 bits per heavy atom. The monoisotopic (exact) mass is 149 g/mol. The molecular formula is C2HN2O2S2-. The van der Waals surface area contributed by atoms with Gasteiger partial charge in [0.25, 0.3) is 0 Å². The highest BCUT2D eigenvalue weighted by Gasteiger charge is 1.91. The van der Waals surface area contributed by atoms with Crippen LogP contribution in [0.1, 0.15) is 0 Å². The molecule has 0 bridgehead atoms. The first kappa shape index (κ1) is 5.80. The van der Waals surface area contributed by atoms with Crippen molar-refractivity contribution >= 4 is 22.6 Å². The molecule has 1 unspecified atom stereocenters. The molecule has 0 radical (unpaired) electrons. The fourth-order valence-corrected chi connectivity index (χ4v) is 1.15. The summed E-state index contributed by atoms with van der Waals surface area (Å²) in [5, 5.41) is 4.65. The zero-order valence-electron chi connectivity index (χ0n) is 3.60. The van der Waals surface area contributed by atoms with E-state index in [0.29, 0.717) is 0 Å². The average molecular weight is 149 g/mol. The van der Waals surface area contributed by atoms with Crippen LogP contribution in [0.25, 0.3) is 0 Å². The Balaban J connectivity index is 2.93. The van der Waals surface area contributed by atoms with Crippen molar-refractivity contribution in [3.05, 3.63) is 5.38 Å². The number of hydrogen-bond donors (Lipinski definition) is 0. The van der Waals surface area contributed by atoms with Crippen LogP contribution in [-0.4, -0.2) is 18.3 Å². The lowest BCUT2D eigenvalue weighted by molar-refractivity contribution is 0.533. The number of aromatic nitrogens is 2. The molecular weight excluding hydrogens is 148 g/mol. The first-order chi connectivity index (χ1) is 3.80. The molecule has 0 aliphatic rings. The molecule has 6 heteroatoms. The van der Waals surface area contributed by atoms with Crippen LogP contribution >= 0.6 is 11.5 Å². The van der Waals surface area contributed by atoms with Crippen LogP contribution in [0.4, 0.5) is 0 Å². The smallest absolute Gasteiger partial charge is 0.148 e. The Morgan fingerprint density at radius 3 is 2.88 bits per heavy atom. The van der Waals surface area contributed by atoms with Crippen molar-refractivity contribution in [1.29, 1.82) is 0 Å². The quantitative estimate of drug-likeness (QED) is 0.517. The van der Waals surface area contributed by atoms with Gasteiger partial charge in [-0.05, 0) is 11.5 Å². The molecule has 0 saturated carbocycles. The van der Waals surface area contributed by atoms with Gasteiger partial charge in [0.1, 0.15) is 5.03 Å². The van der Waals surface area contributed by atoms with E-state index in [1.165, 1.54) is 5.38 Å². The molecule has 1 heterocycles. The normalized spacial score (nSPS) is 13.6. The third-order valence-electron chi connectivity index (χ3n) is 0.511. The van der Waals surface area contributed by atoms with Gasteiger partial charge in [-0.3, -0.25) is 4.21 Å². The van der Waals surface area contributed by atoms with Crippen LogP contribution in [0, 0.1) is 0 Å². The summed E-state index contributed by atoms with van der Waals surface area (Å²) < 4.78 is 23.3. The van der Waals surface area contributed by atoms with Gasteiger partial charge in [0.15, 0.2) is 0 Å². The molecule has 0 spiro atoms. The highest BCUT2D eigenvalue weighted by molar-refractivity contribution is 7.79. The lowest BCUT2D eigenvalue weighted by atomic mass is 11.0. The molecule has 0 saturated heterocycles. The van der Waals surface area contributed by atoms with E-state index in [2.05, 4.69) is 9.59 Å². The van der Waals surface area contributed by atoms with E-state index >= 15 is 0 Å². The zero-order chi connectivity index (χ0) is 5.98. The van der Waals surface area contributed by atoms with Gasteiger partial charge in [0.05, 0.1) is 0 Å². The van der Waals surface area contributed by atoms with Crippen LogP contribution in [0.3, 0.4) is 0 Å². The molecule has 0 fully saturated rings. The van der Waals surface area contributed by atoms with Crippen molar-refractivity contribution in [3.8, 4) is 0 Å². The van der Waals surface area contributed by atoms with Crippen LogP contribution in [0.15, 0.2) is 10.4 Å². The first-order valence-corrected chi connectivity index (χ1v) is 3.58. The Labute approximate surface area is 52.0 Å². The molecule has 0 aromatic carbocycles. The fourth-order valence-electron chi connectivity index (χ4n) is 0.229. The fraction of sp³-hybridized carbons (Fsp3) is 0. The Kier molecular flexibility index (Phi) is 1.66. The largest absolute Gasteiger partial charge is 0.767 e. The van der Waals surface area contributed by atoms with Crippen molar-refractivity contribution < 1.29 is 8.76 Å². The number of hydrogen-bond acceptors (Lipinski definition) is 5. The molecule has 1 rings (SSSR count). The second-order valence-corrected chi connectivity index (χ2v) is 2.48. The van der Waals surface area contributed by atoms with Gasteiger partial charge in [-0.25, -0.2) is 0 Å². The van der Waals surface area contributed by atoms with Crippen molar-refractivity contribution in [2.24, 2.45) is 0 Å². The molecule has 1 aromatic heterocycles. The summed E-state index contributed by atoms with van der Waals surface area (Å²) in [4.78, 5) is 0. The summed E-state index contributed by atoms with van der Waals surface area (Å²) in [6.45, 7) is 0. The minimum absolute atomic E-state index is 0.00926. The standard InChI is InChI=1S/C2H2N2O2S2/c5-8(6)2-1-7-4-3-2/h1H,(H,5,6)/p-1. The summed E-state index contributed by atoms with van der Waals surface area (Å²) in [5.41, 5.74) is 0. The first-order valence-electron chi connectivity index (χ1n) is 1.67. The topological polar surface area (TPSA) is 65.9 Å². The van der Waals surface area contributed by atoms with Crippen LogP contribution in [0.5, 0.6) is 0 Å². The molecule has 1 aromatic rings. The van der Waals surface area contributed by atoms with Crippen LogP contribution in [-0.2, 0) is 11.1 Å². The Hall–Kier alpha value is -0.330. The highest BCUT2D eigenvalue weighted by atomic mass is 32.2. The van der Waals surface area contributed by atoms with E-state index in [-0.39, 0.29) is 5.03 Å². The second kappa shape index (κ2) is 2.29. The van der Waals surface area contributed by atoms with E-state index in [1.807, 2.05) is 0 Å². The minimum Gasteiger partial charge on any atom is -0.767 e. The van der Waals surface area contributed by atoms with E-state index in [1.54, 1.807) is 0 Å². The third kappa shape index (κ3) is 1.09. The maximum Gasteiger partial charge on any atom is 0.148 e. The van der Waals surface area contributed by atoms with Crippen molar-refractivity contribution in [2.75, 3.05) is 0 Å². The molecule has 0 amide bonds. The predicted octanol–water partition coefficient (Wildman–Crippen LogP) is -0.224. The van der Waals surface area contributed by atoms with Gasteiger partial charge in [-0.2, -0.15) is 0 Å². The van der Waals surface area contributed by atoms with Crippen molar-refractivity contribution in [1.82, 2.24) is 9.59 Å². The van der Waals surface area contributed by atoms with Crippen molar-refractivity contribution in [2.45, 2.75) is 5.03 Å². The van der Waals surface area contributed by atoms with Gasteiger partial charge in [0.2, 0.25) is 0 Å². The maximum atomic E-state index is 9.97.